The number of pyridine rings is 1. The summed E-state index contributed by atoms with van der Waals surface area (Å²) in [4.78, 5) is 36.1. The first kappa shape index (κ1) is 30.4. The number of piperidine rings is 2. The van der Waals surface area contributed by atoms with Gasteiger partial charge in [-0.3, -0.25) is 14.0 Å². The molecule has 12 heteroatoms. The van der Waals surface area contributed by atoms with Gasteiger partial charge in [0.05, 0.1) is 29.0 Å². The van der Waals surface area contributed by atoms with Crippen molar-refractivity contribution in [2.75, 3.05) is 37.6 Å². The second-order valence-electron chi connectivity index (χ2n) is 12.4. The minimum Gasteiger partial charge on any atom is -0.367 e. The summed E-state index contributed by atoms with van der Waals surface area (Å²) in [6.07, 6.45) is 2.16. The monoisotopic (exact) mass is 614 g/mol. The standard InChI is InChI=1S/C32H38F4N6O2/c1-4-41(19(2)3)29(43)26-15-21(33)7-10-24(26)25-16-23(18-42-27(25)17-37-31(42)32(34,35)36)39-11-13-40(14-12-39)30(44)28-20-5-8-22(38-28)9-6-20/h7,10,15-20,22,28,38H,4-6,8-9,11-14H2,1-3H3. The Morgan fingerprint density at radius 3 is 2.34 bits per heavy atom. The molecule has 2 aromatic heterocycles. The molecule has 4 aliphatic rings. The van der Waals surface area contributed by atoms with Gasteiger partial charge in [0, 0.05) is 56.6 Å². The van der Waals surface area contributed by atoms with E-state index in [0.29, 0.717) is 61.5 Å². The molecule has 3 aromatic rings. The minimum absolute atomic E-state index is 0.0686. The molecule has 5 heterocycles. The fourth-order valence-corrected chi connectivity index (χ4v) is 7.17. The highest BCUT2D eigenvalue weighted by atomic mass is 19.4. The summed E-state index contributed by atoms with van der Waals surface area (Å²) in [5, 5.41) is 3.51. The van der Waals surface area contributed by atoms with Crippen molar-refractivity contribution in [1.29, 1.82) is 0 Å². The fourth-order valence-electron chi connectivity index (χ4n) is 7.17. The van der Waals surface area contributed by atoms with Gasteiger partial charge in [-0.15, -0.1) is 0 Å². The van der Waals surface area contributed by atoms with Crippen molar-refractivity contribution in [3.05, 3.63) is 53.9 Å². The Bertz CT molecular complexity index is 1550. The first-order valence-electron chi connectivity index (χ1n) is 15.4. The molecule has 236 valence electrons. The molecule has 8 nitrogen and oxygen atoms in total. The lowest BCUT2D eigenvalue weighted by Gasteiger charge is -2.45. The van der Waals surface area contributed by atoms with Crippen molar-refractivity contribution in [2.24, 2.45) is 5.92 Å². The van der Waals surface area contributed by atoms with Crippen LogP contribution >= 0.6 is 0 Å². The van der Waals surface area contributed by atoms with Crippen LogP contribution in [0.5, 0.6) is 0 Å². The van der Waals surface area contributed by atoms with Gasteiger partial charge in [0.1, 0.15) is 5.82 Å². The molecular weight excluding hydrogens is 576 g/mol. The number of carbonyl (C=O) groups is 2. The van der Waals surface area contributed by atoms with Gasteiger partial charge >= 0.3 is 6.18 Å². The molecule has 1 aliphatic carbocycles. The number of halogens is 4. The zero-order valence-electron chi connectivity index (χ0n) is 25.2. The predicted octanol–water partition coefficient (Wildman–Crippen LogP) is 5.21. The van der Waals surface area contributed by atoms with E-state index in [2.05, 4.69) is 10.3 Å². The number of fused-ring (bicyclic) bond motifs is 4. The highest BCUT2D eigenvalue weighted by Gasteiger charge is 2.41. The van der Waals surface area contributed by atoms with Gasteiger partial charge in [-0.25, -0.2) is 9.37 Å². The molecule has 1 N–H and O–H groups in total. The van der Waals surface area contributed by atoms with E-state index < -0.39 is 23.7 Å². The van der Waals surface area contributed by atoms with Gasteiger partial charge in [0.2, 0.25) is 11.7 Å². The van der Waals surface area contributed by atoms with Gasteiger partial charge in [-0.05, 0) is 76.1 Å². The van der Waals surface area contributed by atoms with E-state index in [1.165, 1.54) is 18.3 Å². The third-order valence-electron chi connectivity index (χ3n) is 9.49. The lowest BCUT2D eigenvalue weighted by Crippen LogP contribution is -2.61. The number of amides is 2. The Morgan fingerprint density at radius 1 is 1.05 bits per heavy atom. The first-order valence-corrected chi connectivity index (χ1v) is 15.4. The number of alkyl halides is 3. The molecule has 1 saturated carbocycles. The normalized spacial score (nSPS) is 22.2. The second kappa shape index (κ2) is 11.7. The van der Waals surface area contributed by atoms with E-state index in [1.54, 1.807) is 11.0 Å². The number of benzene rings is 1. The van der Waals surface area contributed by atoms with Gasteiger partial charge < -0.3 is 20.0 Å². The van der Waals surface area contributed by atoms with E-state index in [9.17, 15) is 27.2 Å². The number of hydrogen-bond donors (Lipinski definition) is 1. The number of piperazine rings is 1. The number of nitrogens with one attached hydrogen (secondary N) is 1. The van der Waals surface area contributed by atoms with Crippen molar-refractivity contribution >= 4 is 23.0 Å². The number of anilines is 1. The summed E-state index contributed by atoms with van der Waals surface area (Å²) in [6, 6.07) is 5.59. The molecular formula is C32H38F4N6O2. The van der Waals surface area contributed by atoms with Crippen molar-refractivity contribution in [1.82, 2.24) is 24.5 Å². The van der Waals surface area contributed by atoms with Crippen LogP contribution in [0.15, 0.2) is 36.7 Å². The Morgan fingerprint density at radius 2 is 1.75 bits per heavy atom. The van der Waals surface area contributed by atoms with Crippen LogP contribution in [-0.4, -0.2) is 81.8 Å². The Balaban J connectivity index is 1.36. The summed E-state index contributed by atoms with van der Waals surface area (Å²) in [5.41, 5.74) is 1.38. The second-order valence-corrected chi connectivity index (χ2v) is 12.4. The van der Waals surface area contributed by atoms with Crippen LogP contribution < -0.4 is 10.2 Å². The van der Waals surface area contributed by atoms with Crippen molar-refractivity contribution < 1.29 is 27.2 Å². The minimum atomic E-state index is -4.72. The zero-order valence-corrected chi connectivity index (χ0v) is 25.2. The van der Waals surface area contributed by atoms with Crippen LogP contribution in [0.25, 0.3) is 16.6 Å². The third-order valence-corrected chi connectivity index (χ3v) is 9.49. The van der Waals surface area contributed by atoms with Crippen LogP contribution in [0.3, 0.4) is 0 Å². The molecule has 44 heavy (non-hydrogen) atoms. The molecule has 3 saturated heterocycles. The number of rotatable bonds is 6. The van der Waals surface area contributed by atoms with E-state index >= 15 is 0 Å². The number of carbonyl (C=O) groups excluding carboxylic acids is 2. The van der Waals surface area contributed by atoms with E-state index in [4.69, 9.17) is 0 Å². The number of aromatic nitrogens is 2. The van der Waals surface area contributed by atoms with E-state index in [1.807, 2.05) is 30.6 Å². The van der Waals surface area contributed by atoms with Crippen LogP contribution in [0.1, 0.15) is 62.6 Å². The largest absolute Gasteiger partial charge is 0.450 e. The topological polar surface area (TPSA) is 73.2 Å². The van der Waals surface area contributed by atoms with Gasteiger partial charge in [-0.1, -0.05) is 6.07 Å². The molecule has 4 fully saturated rings. The Hall–Kier alpha value is -3.67. The fraction of sp³-hybridized carbons (Fsp3) is 0.531. The highest BCUT2D eigenvalue weighted by molar-refractivity contribution is 6.03. The summed E-state index contributed by atoms with van der Waals surface area (Å²) < 4.78 is 57.8. The SMILES string of the molecule is CCN(C(=O)c1cc(F)ccc1-c1cc(N2CCN(C(=O)C3NC4CCC3CC4)CC2)cn2c(C(F)(F)F)ncc12)C(C)C. The van der Waals surface area contributed by atoms with Crippen LogP contribution in [0.4, 0.5) is 23.2 Å². The van der Waals surface area contributed by atoms with Crippen LogP contribution in [0.2, 0.25) is 0 Å². The Kier molecular flexibility index (Phi) is 8.06. The maximum Gasteiger partial charge on any atom is 0.450 e. The van der Waals surface area contributed by atoms with E-state index in [0.717, 1.165) is 42.3 Å². The molecule has 2 amide bonds. The highest BCUT2D eigenvalue weighted by Crippen LogP contribution is 2.38. The summed E-state index contributed by atoms with van der Waals surface area (Å²) >= 11 is 0. The third kappa shape index (κ3) is 5.52. The summed E-state index contributed by atoms with van der Waals surface area (Å²) in [7, 11) is 0. The number of hydrogen-bond acceptors (Lipinski definition) is 5. The van der Waals surface area contributed by atoms with Gasteiger partial charge in [0.15, 0.2) is 0 Å². The van der Waals surface area contributed by atoms with Gasteiger partial charge in [-0.2, -0.15) is 13.2 Å². The quantitative estimate of drug-likeness (QED) is 0.386. The molecule has 0 radical (unpaired) electrons. The van der Waals surface area contributed by atoms with Gasteiger partial charge in [0.25, 0.3) is 5.91 Å². The lowest BCUT2D eigenvalue weighted by molar-refractivity contribution is -0.145. The average Bonchev–Trinajstić information content (AvgIpc) is 3.46. The maximum atomic E-state index is 14.5. The molecule has 7 rings (SSSR count). The predicted molar refractivity (Wildman–Crippen MR) is 159 cm³/mol. The molecule has 1 unspecified atom stereocenters. The lowest BCUT2D eigenvalue weighted by atomic mass is 9.76. The molecule has 2 bridgehead atoms. The molecule has 0 spiro atoms. The first-order chi connectivity index (χ1) is 21.0. The van der Waals surface area contributed by atoms with E-state index in [-0.39, 0.29) is 29.1 Å². The number of imidazole rings is 1. The maximum absolute atomic E-state index is 14.5. The zero-order chi connectivity index (χ0) is 31.3. The van der Waals surface area contributed by atoms with Crippen LogP contribution in [-0.2, 0) is 11.0 Å². The number of nitrogens with zero attached hydrogens (tertiary/aromatic N) is 5. The molecule has 1 aromatic carbocycles. The molecule has 3 aliphatic heterocycles. The Labute approximate surface area is 254 Å². The van der Waals surface area contributed by atoms with Crippen LogP contribution in [0, 0.1) is 11.7 Å². The smallest absolute Gasteiger partial charge is 0.367 e. The van der Waals surface area contributed by atoms with Crippen molar-refractivity contribution in [3.63, 3.8) is 0 Å². The summed E-state index contributed by atoms with van der Waals surface area (Å²) in [6.45, 7) is 7.65. The average molecular weight is 615 g/mol. The van der Waals surface area contributed by atoms with Crippen molar-refractivity contribution in [3.8, 4) is 11.1 Å². The summed E-state index contributed by atoms with van der Waals surface area (Å²) in [5.74, 6) is -1.66. The molecule has 1 atom stereocenters. The van der Waals surface area contributed by atoms with Crippen molar-refractivity contribution in [2.45, 2.75) is 70.8 Å².